The van der Waals surface area contributed by atoms with Crippen molar-refractivity contribution in [2.24, 2.45) is 5.92 Å². The maximum atomic E-state index is 13.3. The fraction of sp³-hybridized carbons (Fsp3) is 0.364. The van der Waals surface area contributed by atoms with E-state index in [9.17, 15) is 9.59 Å². The third-order valence-electron chi connectivity index (χ3n) is 4.78. The first kappa shape index (κ1) is 22.0. The Hall–Kier alpha value is -1.69. The van der Waals surface area contributed by atoms with Crippen molar-refractivity contribution in [3.63, 3.8) is 0 Å². The summed E-state index contributed by atoms with van der Waals surface area (Å²) in [6, 6.07) is 14.1. The lowest BCUT2D eigenvalue weighted by atomic mass is 10.1. The Morgan fingerprint density at radius 3 is 2.52 bits per heavy atom. The molecule has 1 fully saturated rings. The van der Waals surface area contributed by atoms with Crippen molar-refractivity contribution < 1.29 is 9.59 Å². The lowest BCUT2D eigenvalue weighted by Gasteiger charge is -2.30. The van der Waals surface area contributed by atoms with E-state index in [1.165, 1.54) is 0 Å². The summed E-state index contributed by atoms with van der Waals surface area (Å²) in [7, 11) is 0. The Kier molecular flexibility index (Phi) is 7.49. The molecule has 29 heavy (non-hydrogen) atoms. The fourth-order valence-electron chi connectivity index (χ4n) is 3.30. The molecule has 4 nitrogen and oxygen atoms in total. The third kappa shape index (κ3) is 5.47. The second-order valence-corrected chi connectivity index (χ2v) is 9.50. The maximum absolute atomic E-state index is 13.3. The molecule has 7 heteroatoms. The molecule has 154 valence electrons. The van der Waals surface area contributed by atoms with Gasteiger partial charge in [-0.25, -0.2) is 0 Å². The number of nitrogens with zero attached hydrogens (tertiary/aromatic N) is 1. The molecule has 0 bridgehead atoms. The zero-order valence-corrected chi connectivity index (χ0v) is 18.7. The lowest BCUT2D eigenvalue weighted by Crippen LogP contribution is -2.49. The standard InChI is InChI=1S/C22H24Cl2N2O2S/c1-14(2)10-20-26(22(28)16-8-9-17(23)18(24)11-16)19(13-29-20)21(27)25-12-15-6-4-3-5-7-15/h3-9,11,14,19-20H,10,12-13H2,1-2H3,(H,25,27). The van der Waals surface area contributed by atoms with Gasteiger partial charge in [0.05, 0.1) is 15.4 Å². The van der Waals surface area contributed by atoms with Crippen molar-refractivity contribution in [2.75, 3.05) is 5.75 Å². The van der Waals surface area contributed by atoms with Gasteiger partial charge in [-0.15, -0.1) is 11.8 Å². The number of thioether (sulfide) groups is 1. The second-order valence-electron chi connectivity index (χ2n) is 7.48. The highest BCUT2D eigenvalue weighted by Crippen LogP contribution is 2.35. The van der Waals surface area contributed by atoms with Gasteiger partial charge in [-0.1, -0.05) is 67.4 Å². The fourth-order valence-corrected chi connectivity index (χ4v) is 5.24. The van der Waals surface area contributed by atoms with E-state index < -0.39 is 6.04 Å². The first-order chi connectivity index (χ1) is 13.9. The molecule has 1 N–H and O–H groups in total. The molecular weight excluding hydrogens is 427 g/mol. The number of carbonyl (C=O) groups is 2. The number of hydrogen-bond acceptors (Lipinski definition) is 3. The smallest absolute Gasteiger partial charge is 0.255 e. The molecule has 0 aliphatic carbocycles. The molecule has 3 rings (SSSR count). The minimum Gasteiger partial charge on any atom is -0.350 e. The Labute approximate surface area is 185 Å². The molecule has 0 radical (unpaired) electrons. The zero-order chi connectivity index (χ0) is 21.0. The van der Waals surface area contributed by atoms with Gasteiger partial charge in [0, 0.05) is 17.9 Å². The summed E-state index contributed by atoms with van der Waals surface area (Å²) >= 11 is 13.8. The number of carbonyl (C=O) groups excluding carboxylic acids is 2. The molecule has 2 unspecified atom stereocenters. The van der Waals surface area contributed by atoms with Crippen molar-refractivity contribution in [3.05, 3.63) is 69.7 Å². The number of amides is 2. The van der Waals surface area contributed by atoms with Crippen LogP contribution in [0.2, 0.25) is 10.0 Å². The van der Waals surface area contributed by atoms with Gasteiger partial charge in [0.25, 0.3) is 5.91 Å². The molecule has 1 aliphatic heterocycles. The van der Waals surface area contributed by atoms with Crippen LogP contribution in [0.25, 0.3) is 0 Å². The van der Waals surface area contributed by atoms with Gasteiger partial charge in [0.2, 0.25) is 5.91 Å². The van der Waals surface area contributed by atoms with Crippen LogP contribution in [0.15, 0.2) is 48.5 Å². The van der Waals surface area contributed by atoms with Crippen LogP contribution in [-0.4, -0.2) is 33.9 Å². The molecule has 2 atom stereocenters. The van der Waals surface area contributed by atoms with Gasteiger partial charge in [-0.05, 0) is 36.1 Å². The van der Waals surface area contributed by atoms with E-state index in [0.29, 0.717) is 33.8 Å². The predicted molar refractivity (Wildman–Crippen MR) is 120 cm³/mol. The number of rotatable bonds is 6. The van der Waals surface area contributed by atoms with Crippen molar-refractivity contribution in [1.82, 2.24) is 10.2 Å². The van der Waals surface area contributed by atoms with Crippen molar-refractivity contribution in [2.45, 2.75) is 38.2 Å². The molecule has 2 aromatic rings. The number of hydrogen-bond donors (Lipinski definition) is 1. The van der Waals surface area contributed by atoms with Crippen LogP contribution >= 0.6 is 35.0 Å². The Morgan fingerprint density at radius 1 is 1.14 bits per heavy atom. The van der Waals surface area contributed by atoms with E-state index in [4.69, 9.17) is 23.2 Å². The molecule has 0 spiro atoms. The number of nitrogens with one attached hydrogen (secondary N) is 1. The molecule has 0 saturated carbocycles. The maximum Gasteiger partial charge on any atom is 0.255 e. The van der Waals surface area contributed by atoms with Crippen molar-refractivity contribution >= 4 is 46.8 Å². The van der Waals surface area contributed by atoms with Gasteiger partial charge in [0.15, 0.2) is 0 Å². The molecule has 1 saturated heterocycles. The zero-order valence-electron chi connectivity index (χ0n) is 16.4. The lowest BCUT2D eigenvalue weighted by molar-refractivity contribution is -0.125. The average Bonchev–Trinajstić information content (AvgIpc) is 3.11. The predicted octanol–water partition coefficient (Wildman–Crippen LogP) is 5.24. The van der Waals surface area contributed by atoms with Gasteiger partial charge in [-0.3, -0.25) is 9.59 Å². The minimum absolute atomic E-state index is 0.0515. The van der Waals surface area contributed by atoms with Crippen LogP contribution in [0.3, 0.4) is 0 Å². The van der Waals surface area contributed by atoms with Crippen LogP contribution < -0.4 is 5.32 Å². The van der Waals surface area contributed by atoms with Gasteiger partial charge in [-0.2, -0.15) is 0 Å². The van der Waals surface area contributed by atoms with E-state index in [0.717, 1.165) is 12.0 Å². The van der Waals surface area contributed by atoms with E-state index in [2.05, 4.69) is 19.2 Å². The summed E-state index contributed by atoms with van der Waals surface area (Å²) in [4.78, 5) is 28.0. The third-order valence-corrected chi connectivity index (χ3v) is 6.83. The van der Waals surface area contributed by atoms with Crippen molar-refractivity contribution in [3.8, 4) is 0 Å². The molecule has 2 aromatic carbocycles. The van der Waals surface area contributed by atoms with Crippen LogP contribution in [0.5, 0.6) is 0 Å². The summed E-state index contributed by atoms with van der Waals surface area (Å²) in [5.74, 6) is 0.647. The number of halogens is 2. The molecule has 1 heterocycles. The molecule has 1 aliphatic rings. The van der Waals surface area contributed by atoms with Gasteiger partial charge in [0.1, 0.15) is 6.04 Å². The molecule has 2 amide bonds. The number of benzene rings is 2. The largest absolute Gasteiger partial charge is 0.350 e. The van der Waals surface area contributed by atoms with Crippen LogP contribution in [-0.2, 0) is 11.3 Å². The first-order valence-electron chi connectivity index (χ1n) is 9.57. The molecule has 0 aromatic heterocycles. The summed E-state index contributed by atoms with van der Waals surface area (Å²) in [6.45, 7) is 4.67. The normalized spacial score (nSPS) is 18.9. The average molecular weight is 451 g/mol. The van der Waals surface area contributed by atoms with Crippen molar-refractivity contribution in [1.29, 1.82) is 0 Å². The Balaban J connectivity index is 1.79. The van der Waals surface area contributed by atoms with Gasteiger partial charge < -0.3 is 10.2 Å². The summed E-state index contributed by atoms with van der Waals surface area (Å²) in [5, 5.41) is 3.65. The minimum atomic E-state index is -0.519. The van der Waals surface area contributed by atoms with Crippen LogP contribution in [0, 0.1) is 5.92 Å². The quantitative estimate of drug-likeness (QED) is 0.654. The Morgan fingerprint density at radius 2 is 1.86 bits per heavy atom. The first-order valence-corrected chi connectivity index (χ1v) is 11.4. The highest BCUT2D eigenvalue weighted by atomic mass is 35.5. The van der Waals surface area contributed by atoms with E-state index in [1.54, 1.807) is 34.9 Å². The summed E-state index contributed by atoms with van der Waals surface area (Å²) in [6.07, 6.45) is 0.820. The van der Waals surface area contributed by atoms with Crippen LogP contribution in [0.1, 0.15) is 36.2 Å². The second kappa shape index (κ2) is 9.88. The topological polar surface area (TPSA) is 49.4 Å². The Bertz CT molecular complexity index is 876. The van der Waals surface area contributed by atoms with Crippen LogP contribution in [0.4, 0.5) is 0 Å². The summed E-state index contributed by atoms with van der Waals surface area (Å²) in [5.41, 5.74) is 1.46. The SMILES string of the molecule is CC(C)CC1SCC(C(=O)NCc2ccccc2)N1C(=O)c1ccc(Cl)c(Cl)c1. The van der Waals surface area contributed by atoms with E-state index >= 15 is 0 Å². The monoisotopic (exact) mass is 450 g/mol. The van der Waals surface area contributed by atoms with E-state index in [-0.39, 0.29) is 17.2 Å². The molecular formula is C22H24Cl2N2O2S. The van der Waals surface area contributed by atoms with Gasteiger partial charge >= 0.3 is 0 Å². The van der Waals surface area contributed by atoms with E-state index in [1.807, 2.05) is 30.3 Å². The highest BCUT2D eigenvalue weighted by Gasteiger charge is 2.41. The highest BCUT2D eigenvalue weighted by molar-refractivity contribution is 8.00. The summed E-state index contributed by atoms with van der Waals surface area (Å²) < 4.78 is 0.